The van der Waals surface area contributed by atoms with Crippen molar-refractivity contribution in [2.24, 2.45) is 0 Å². The van der Waals surface area contributed by atoms with E-state index >= 15 is 0 Å². The molecule has 0 aliphatic rings. The van der Waals surface area contributed by atoms with Crippen LogP contribution < -0.4 is 0 Å². The van der Waals surface area contributed by atoms with Crippen LogP contribution in [0.3, 0.4) is 0 Å². The molecule has 1 aromatic heterocycles. The van der Waals surface area contributed by atoms with Crippen LogP contribution in [0.25, 0.3) is 0 Å². The van der Waals surface area contributed by atoms with Gasteiger partial charge >= 0.3 is 0 Å². The highest BCUT2D eigenvalue weighted by molar-refractivity contribution is 6.09. The van der Waals surface area contributed by atoms with Crippen molar-refractivity contribution in [1.29, 1.82) is 0 Å². The quantitative estimate of drug-likeness (QED) is 0.721. The fraction of sp³-hybridized carbons (Fsp3) is 0.0769. The first-order valence-corrected chi connectivity index (χ1v) is 4.90. The van der Waals surface area contributed by atoms with Crippen molar-refractivity contribution in [3.8, 4) is 0 Å². The lowest BCUT2D eigenvalue weighted by Crippen LogP contribution is -2.04. The van der Waals surface area contributed by atoms with Crippen molar-refractivity contribution in [3.05, 3.63) is 65.2 Å². The number of benzene rings is 1. The fourth-order valence-corrected chi connectivity index (χ4v) is 1.49. The van der Waals surface area contributed by atoms with E-state index in [1.165, 1.54) is 12.1 Å². The topological polar surface area (TPSA) is 30.0 Å². The maximum Gasteiger partial charge on any atom is 0.196 e. The minimum Gasteiger partial charge on any atom is -0.288 e. The predicted molar refractivity (Wildman–Crippen MR) is 58.8 cm³/mol. The summed E-state index contributed by atoms with van der Waals surface area (Å²) in [7, 11) is 0. The summed E-state index contributed by atoms with van der Waals surface area (Å²) >= 11 is 0. The maximum atomic E-state index is 13.4. The molecule has 0 unspecified atom stereocenters. The van der Waals surface area contributed by atoms with Gasteiger partial charge in [0.1, 0.15) is 5.82 Å². The summed E-state index contributed by atoms with van der Waals surface area (Å²) in [5.74, 6) is -0.814. The molecule has 2 aromatic rings. The van der Waals surface area contributed by atoms with E-state index in [1.54, 1.807) is 37.4 Å². The second-order valence-corrected chi connectivity index (χ2v) is 3.49. The third-order valence-electron chi connectivity index (χ3n) is 2.28. The highest BCUT2D eigenvalue weighted by Gasteiger charge is 2.13. The van der Waals surface area contributed by atoms with Crippen LogP contribution in [0.1, 0.15) is 21.6 Å². The lowest BCUT2D eigenvalue weighted by molar-refractivity contribution is 0.103. The molecule has 0 amide bonds. The molecular weight excluding hydrogens is 205 g/mol. The Kier molecular flexibility index (Phi) is 2.77. The van der Waals surface area contributed by atoms with E-state index in [4.69, 9.17) is 0 Å². The molecular formula is C13H10FNO. The Balaban J connectivity index is 2.44. The van der Waals surface area contributed by atoms with Crippen molar-refractivity contribution in [2.75, 3.05) is 0 Å². The van der Waals surface area contributed by atoms with Crippen LogP contribution in [0, 0.1) is 12.7 Å². The average molecular weight is 215 g/mol. The van der Waals surface area contributed by atoms with Crippen LogP contribution in [0.15, 0.2) is 42.6 Å². The van der Waals surface area contributed by atoms with Gasteiger partial charge in [0.05, 0.1) is 5.56 Å². The Labute approximate surface area is 92.8 Å². The van der Waals surface area contributed by atoms with Crippen molar-refractivity contribution in [1.82, 2.24) is 4.98 Å². The Morgan fingerprint density at radius 2 is 2.00 bits per heavy atom. The van der Waals surface area contributed by atoms with Gasteiger partial charge in [-0.1, -0.05) is 12.1 Å². The predicted octanol–water partition coefficient (Wildman–Crippen LogP) is 2.76. The van der Waals surface area contributed by atoms with Crippen molar-refractivity contribution in [3.63, 3.8) is 0 Å². The summed E-state index contributed by atoms with van der Waals surface area (Å²) in [5.41, 5.74) is 1.29. The summed E-state index contributed by atoms with van der Waals surface area (Å²) in [4.78, 5) is 15.9. The van der Waals surface area contributed by atoms with Crippen LogP contribution in [-0.2, 0) is 0 Å². The first-order valence-electron chi connectivity index (χ1n) is 4.90. The number of halogens is 1. The van der Waals surface area contributed by atoms with E-state index in [9.17, 15) is 9.18 Å². The highest BCUT2D eigenvalue weighted by Crippen LogP contribution is 2.13. The molecule has 0 saturated heterocycles. The SMILES string of the molecule is Cc1cc(C(=O)c2ccccc2F)ccn1. The number of rotatable bonds is 2. The molecule has 3 heteroatoms. The molecule has 16 heavy (non-hydrogen) atoms. The van der Waals surface area contributed by atoms with E-state index < -0.39 is 5.82 Å². The van der Waals surface area contributed by atoms with E-state index in [1.807, 2.05) is 0 Å². The number of hydrogen-bond donors (Lipinski definition) is 0. The first kappa shape index (κ1) is 10.5. The van der Waals surface area contributed by atoms with E-state index in [0.29, 0.717) is 5.56 Å². The zero-order valence-corrected chi connectivity index (χ0v) is 8.77. The molecule has 0 spiro atoms. The number of nitrogens with zero attached hydrogens (tertiary/aromatic N) is 1. The number of aromatic nitrogens is 1. The normalized spacial score (nSPS) is 10.1. The fourth-order valence-electron chi connectivity index (χ4n) is 1.49. The van der Waals surface area contributed by atoms with Crippen molar-refractivity contribution < 1.29 is 9.18 Å². The van der Waals surface area contributed by atoms with Crippen LogP contribution in [0.4, 0.5) is 4.39 Å². The van der Waals surface area contributed by atoms with Gasteiger partial charge in [-0.3, -0.25) is 9.78 Å². The number of aryl methyl sites for hydroxylation is 1. The van der Waals surface area contributed by atoms with Gasteiger partial charge < -0.3 is 0 Å². The molecule has 0 bridgehead atoms. The van der Waals surface area contributed by atoms with Crippen molar-refractivity contribution >= 4 is 5.78 Å². The molecule has 0 N–H and O–H groups in total. The van der Waals surface area contributed by atoms with Gasteiger partial charge in [0.15, 0.2) is 5.78 Å². The molecule has 0 aliphatic heterocycles. The standard InChI is InChI=1S/C13H10FNO/c1-9-8-10(6-7-15-9)13(16)11-4-2-3-5-12(11)14/h2-8H,1H3. The van der Waals surface area contributed by atoms with Gasteiger partial charge in [-0.15, -0.1) is 0 Å². The average Bonchev–Trinajstić information content (AvgIpc) is 2.29. The molecule has 0 atom stereocenters. The van der Waals surface area contributed by atoms with Crippen LogP contribution in [0.5, 0.6) is 0 Å². The smallest absolute Gasteiger partial charge is 0.196 e. The Hall–Kier alpha value is -2.03. The van der Waals surface area contributed by atoms with E-state index in [-0.39, 0.29) is 11.3 Å². The molecule has 0 saturated carbocycles. The highest BCUT2D eigenvalue weighted by atomic mass is 19.1. The molecule has 0 aliphatic carbocycles. The minimum atomic E-state index is -0.498. The van der Waals surface area contributed by atoms with Gasteiger partial charge in [0.2, 0.25) is 0 Å². The molecule has 2 rings (SSSR count). The third kappa shape index (κ3) is 1.98. The minimum absolute atomic E-state index is 0.0908. The Morgan fingerprint density at radius 1 is 1.25 bits per heavy atom. The number of carbonyl (C=O) groups excluding carboxylic acids is 1. The number of pyridine rings is 1. The lowest BCUT2D eigenvalue weighted by Gasteiger charge is -2.02. The van der Waals surface area contributed by atoms with Crippen molar-refractivity contribution in [2.45, 2.75) is 6.92 Å². The maximum absolute atomic E-state index is 13.4. The largest absolute Gasteiger partial charge is 0.288 e. The summed E-state index contributed by atoms with van der Waals surface area (Å²) in [6.07, 6.45) is 1.55. The Bertz CT molecular complexity index is 537. The van der Waals surface area contributed by atoms with Crippen LogP contribution in [0.2, 0.25) is 0 Å². The van der Waals surface area contributed by atoms with Gasteiger partial charge in [-0.05, 0) is 31.2 Å². The van der Waals surface area contributed by atoms with Gasteiger partial charge in [0.25, 0.3) is 0 Å². The number of carbonyl (C=O) groups is 1. The summed E-state index contributed by atoms with van der Waals surface area (Å²) < 4.78 is 13.4. The molecule has 0 fully saturated rings. The zero-order chi connectivity index (χ0) is 11.5. The Morgan fingerprint density at radius 3 is 2.69 bits per heavy atom. The summed E-state index contributed by atoms with van der Waals surface area (Å²) in [6.45, 7) is 1.79. The number of hydrogen-bond acceptors (Lipinski definition) is 2. The zero-order valence-electron chi connectivity index (χ0n) is 8.77. The monoisotopic (exact) mass is 215 g/mol. The molecule has 2 nitrogen and oxygen atoms in total. The third-order valence-corrected chi connectivity index (χ3v) is 2.28. The summed E-state index contributed by atoms with van der Waals surface area (Å²) in [6, 6.07) is 9.19. The van der Waals surface area contributed by atoms with Crippen LogP contribution in [-0.4, -0.2) is 10.8 Å². The summed E-state index contributed by atoms with van der Waals surface area (Å²) in [5, 5.41) is 0. The van der Waals surface area contributed by atoms with Gasteiger partial charge in [0, 0.05) is 17.5 Å². The van der Waals surface area contributed by atoms with Crippen LogP contribution >= 0.6 is 0 Å². The van der Waals surface area contributed by atoms with Gasteiger partial charge in [-0.25, -0.2) is 4.39 Å². The molecule has 80 valence electrons. The second-order valence-electron chi connectivity index (χ2n) is 3.49. The molecule has 1 heterocycles. The van der Waals surface area contributed by atoms with E-state index in [0.717, 1.165) is 5.69 Å². The van der Waals surface area contributed by atoms with E-state index in [2.05, 4.69) is 4.98 Å². The molecule has 0 radical (unpaired) electrons. The van der Waals surface area contributed by atoms with Gasteiger partial charge in [-0.2, -0.15) is 0 Å². The number of ketones is 1. The molecule has 1 aromatic carbocycles. The second kappa shape index (κ2) is 4.23. The first-order chi connectivity index (χ1) is 7.68. The lowest BCUT2D eigenvalue weighted by atomic mass is 10.0.